The molecule has 3 amide bonds. The van der Waals surface area contributed by atoms with E-state index in [0.29, 0.717) is 0 Å². The van der Waals surface area contributed by atoms with E-state index in [2.05, 4.69) is 10.3 Å². The fraction of sp³-hybridized carbons (Fsp3) is 0.368. The van der Waals surface area contributed by atoms with Gasteiger partial charge in [-0.2, -0.15) is 0 Å². The third-order valence-electron chi connectivity index (χ3n) is 5.18. The second-order valence-electron chi connectivity index (χ2n) is 7.14. The number of fused-ring (bicyclic) bond motifs is 1. The minimum atomic E-state index is -0.542. The van der Waals surface area contributed by atoms with Gasteiger partial charge < -0.3 is 5.32 Å². The third kappa shape index (κ3) is 3.21. The van der Waals surface area contributed by atoms with Crippen LogP contribution in [0.1, 0.15) is 57.1 Å². The second kappa shape index (κ2) is 7.13. The number of rotatable bonds is 4. The van der Waals surface area contributed by atoms with Crippen molar-refractivity contribution in [3.05, 3.63) is 49.4 Å². The van der Waals surface area contributed by atoms with Gasteiger partial charge in [-0.05, 0) is 31.9 Å². The van der Waals surface area contributed by atoms with Gasteiger partial charge in [0.15, 0.2) is 0 Å². The number of halogens is 2. The molecule has 146 valence electrons. The summed E-state index contributed by atoms with van der Waals surface area (Å²) in [5.74, 6) is -1.47. The predicted octanol–water partition coefficient (Wildman–Crippen LogP) is 3.94. The molecule has 1 N–H and O–H groups in total. The summed E-state index contributed by atoms with van der Waals surface area (Å²) < 4.78 is 0. The van der Waals surface area contributed by atoms with E-state index in [9.17, 15) is 14.4 Å². The van der Waals surface area contributed by atoms with E-state index >= 15 is 0 Å². The van der Waals surface area contributed by atoms with Crippen molar-refractivity contribution in [3.8, 4) is 0 Å². The number of aromatic nitrogens is 1. The number of hydrogen-bond acceptors (Lipinski definition) is 5. The molecule has 0 unspecified atom stereocenters. The lowest BCUT2D eigenvalue weighted by molar-refractivity contribution is -0.123. The standard InChI is InChI=1S/C19H17Cl2N3O3S/c1-10-9-28-18(22-10)19(4-2-3-5-19)23-15(25)8-24-16(26)11-6-13(20)14(21)7-12(11)17(24)27/h6-7,9H,2-5,8H2,1H3,(H,23,25). The molecule has 2 aromatic rings. The number of carbonyl (C=O) groups excluding carboxylic acids is 3. The summed E-state index contributed by atoms with van der Waals surface area (Å²) in [4.78, 5) is 43.5. The topological polar surface area (TPSA) is 79.4 Å². The fourth-order valence-electron chi connectivity index (χ4n) is 3.82. The molecule has 1 saturated carbocycles. The molecule has 6 nitrogen and oxygen atoms in total. The lowest BCUT2D eigenvalue weighted by Crippen LogP contribution is -2.49. The molecule has 2 heterocycles. The average Bonchev–Trinajstić information content (AvgIpc) is 3.34. The second-order valence-corrected chi connectivity index (χ2v) is 8.81. The lowest BCUT2D eigenvalue weighted by atomic mass is 9.98. The van der Waals surface area contributed by atoms with Crippen molar-refractivity contribution < 1.29 is 14.4 Å². The van der Waals surface area contributed by atoms with E-state index < -0.39 is 17.4 Å². The Labute approximate surface area is 175 Å². The number of hydrogen-bond donors (Lipinski definition) is 1. The largest absolute Gasteiger partial charge is 0.343 e. The van der Waals surface area contributed by atoms with Gasteiger partial charge in [-0.1, -0.05) is 36.0 Å². The Balaban J connectivity index is 1.54. The van der Waals surface area contributed by atoms with Crippen molar-refractivity contribution in [1.82, 2.24) is 15.2 Å². The Morgan fingerprint density at radius 2 is 1.75 bits per heavy atom. The highest BCUT2D eigenvalue weighted by Crippen LogP contribution is 2.40. The molecule has 2 aliphatic rings. The number of thiazole rings is 1. The first-order valence-electron chi connectivity index (χ1n) is 8.89. The zero-order valence-electron chi connectivity index (χ0n) is 15.1. The van der Waals surface area contributed by atoms with Crippen LogP contribution in [0.3, 0.4) is 0 Å². The van der Waals surface area contributed by atoms with Crippen molar-refractivity contribution in [2.24, 2.45) is 0 Å². The van der Waals surface area contributed by atoms with Crippen LogP contribution in [0.5, 0.6) is 0 Å². The van der Waals surface area contributed by atoms with Crippen molar-refractivity contribution in [1.29, 1.82) is 0 Å². The molecule has 1 aromatic heterocycles. The monoisotopic (exact) mass is 437 g/mol. The molecule has 1 aliphatic heterocycles. The maximum absolute atomic E-state index is 12.8. The van der Waals surface area contributed by atoms with Gasteiger partial charge in [-0.15, -0.1) is 11.3 Å². The summed E-state index contributed by atoms with van der Waals surface area (Å²) >= 11 is 13.4. The third-order valence-corrected chi connectivity index (χ3v) is 7.06. The lowest BCUT2D eigenvalue weighted by Gasteiger charge is -2.29. The van der Waals surface area contributed by atoms with E-state index in [4.69, 9.17) is 23.2 Å². The minimum absolute atomic E-state index is 0.165. The molecule has 1 aromatic carbocycles. The predicted molar refractivity (Wildman–Crippen MR) is 107 cm³/mol. The normalized spacial score (nSPS) is 17.9. The van der Waals surface area contributed by atoms with Crippen LogP contribution in [-0.2, 0) is 10.3 Å². The number of imide groups is 1. The van der Waals surface area contributed by atoms with E-state index in [0.717, 1.165) is 41.3 Å². The van der Waals surface area contributed by atoms with Crippen LogP contribution in [-0.4, -0.2) is 34.2 Å². The summed E-state index contributed by atoms with van der Waals surface area (Å²) in [6.07, 6.45) is 3.56. The average molecular weight is 438 g/mol. The van der Waals surface area contributed by atoms with E-state index in [-0.39, 0.29) is 33.6 Å². The summed E-state index contributed by atoms with van der Waals surface area (Å²) in [6, 6.07) is 2.74. The highest BCUT2D eigenvalue weighted by atomic mass is 35.5. The number of nitrogens with one attached hydrogen (secondary N) is 1. The minimum Gasteiger partial charge on any atom is -0.343 e. The van der Waals surface area contributed by atoms with Gasteiger partial charge in [-0.25, -0.2) is 4.98 Å². The summed E-state index contributed by atoms with van der Waals surface area (Å²) in [5, 5.41) is 6.26. The quantitative estimate of drug-likeness (QED) is 0.734. The molecule has 0 radical (unpaired) electrons. The molecule has 1 fully saturated rings. The highest BCUT2D eigenvalue weighted by Gasteiger charge is 2.42. The number of nitrogens with zero attached hydrogens (tertiary/aromatic N) is 2. The van der Waals surface area contributed by atoms with Gasteiger partial charge >= 0.3 is 0 Å². The number of amides is 3. The molecular weight excluding hydrogens is 421 g/mol. The zero-order chi connectivity index (χ0) is 20.1. The molecule has 28 heavy (non-hydrogen) atoms. The Morgan fingerprint density at radius 1 is 1.18 bits per heavy atom. The highest BCUT2D eigenvalue weighted by molar-refractivity contribution is 7.09. The van der Waals surface area contributed by atoms with Crippen LogP contribution in [0, 0.1) is 6.92 Å². The molecule has 0 atom stereocenters. The van der Waals surface area contributed by atoms with Crippen LogP contribution >= 0.6 is 34.5 Å². The fourth-order valence-corrected chi connectivity index (χ4v) is 5.16. The number of benzene rings is 1. The van der Waals surface area contributed by atoms with Crippen LogP contribution in [0.4, 0.5) is 0 Å². The van der Waals surface area contributed by atoms with Crippen molar-refractivity contribution in [2.45, 2.75) is 38.1 Å². The summed E-state index contributed by atoms with van der Waals surface area (Å²) in [5.41, 5.74) is 0.715. The Morgan fingerprint density at radius 3 is 2.25 bits per heavy atom. The van der Waals surface area contributed by atoms with Crippen LogP contribution in [0.15, 0.2) is 17.5 Å². The smallest absolute Gasteiger partial charge is 0.262 e. The van der Waals surface area contributed by atoms with Gasteiger partial charge in [0.25, 0.3) is 11.8 Å². The van der Waals surface area contributed by atoms with Crippen LogP contribution in [0.2, 0.25) is 10.0 Å². The summed E-state index contributed by atoms with van der Waals surface area (Å²) in [6.45, 7) is 1.56. The van der Waals surface area contributed by atoms with Crippen molar-refractivity contribution >= 4 is 52.3 Å². The van der Waals surface area contributed by atoms with Gasteiger partial charge in [0.05, 0.1) is 26.7 Å². The molecular formula is C19H17Cl2N3O3S. The Bertz CT molecular complexity index is 957. The van der Waals surface area contributed by atoms with Crippen molar-refractivity contribution in [2.75, 3.05) is 6.54 Å². The van der Waals surface area contributed by atoms with Crippen molar-refractivity contribution in [3.63, 3.8) is 0 Å². The number of aryl methyl sites for hydroxylation is 1. The van der Waals surface area contributed by atoms with Crippen LogP contribution < -0.4 is 5.32 Å². The van der Waals surface area contributed by atoms with Gasteiger partial charge in [0.2, 0.25) is 5.91 Å². The van der Waals surface area contributed by atoms with E-state index in [1.807, 2.05) is 12.3 Å². The molecule has 0 spiro atoms. The van der Waals surface area contributed by atoms with Gasteiger partial charge in [0, 0.05) is 11.1 Å². The molecule has 9 heteroatoms. The van der Waals surface area contributed by atoms with E-state index in [1.165, 1.54) is 23.5 Å². The molecule has 0 saturated heterocycles. The molecule has 0 bridgehead atoms. The first-order valence-corrected chi connectivity index (χ1v) is 10.5. The molecule has 1 aliphatic carbocycles. The van der Waals surface area contributed by atoms with Crippen LogP contribution in [0.25, 0.3) is 0 Å². The van der Waals surface area contributed by atoms with Gasteiger partial charge in [-0.3, -0.25) is 19.3 Å². The first kappa shape index (κ1) is 19.4. The summed E-state index contributed by atoms with van der Waals surface area (Å²) in [7, 11) is 0. The Hall–Kier alpha value is -1.96. The maximum Gasteiger partial charge on any atom is 0.262 e. The molecule has 4 rings (SSSR count). The maximum atomic E-state index is 12.8. The first-order chi connectivity index (χ1) is 13.3. The zero-order valence-corrected chi connectivity index (χ0v) is 17.4. The SMILES string of the molecule is Cc1csc(C2(NC(=O)CN3C(=O)c4cc(Cl)c(Cl)cc4C3=O)CCCC2)n1. The number of carbonyl (C=O) groups is 3. The van der Waals surface area contributed by atoms with Gasteiger partial charge in [0.1, 0.15) is 11.6 Å². The Kier molecular flexibility index (Phi) is 4.93. The van der Waals surface area contributed by atoms with E-state index in [1.54, 1.807) is 0 Å².